The lowest BCUT2D eigenvalue weighted by atomic mass is 9.97. The molecule has 0 amide bonds. The van der Waals surface area contributed by atoms with E-state index in [1.54, 1.807) is 37.5 Å². The summed E-state index contributed by atoms with van der Waals surface area (Å²) in [6.45, 7) is 1.57. The molecule has 9 heteroatoms. The molecule has 2 aromatic carbocycles. The number of pyridine rings is 1. The number of esters is 1. The molecule has 0 aliphatic carbocycles. The lowest BCUT2D eigenvalue weighted by molar-refractivity contribution is 0.0595. The molecule has 0 radical (unpaired) electrons. The molecular weight excluding hydrogens is 484 g/mol. The zero-order chi connectivity index (χ0) is 22.8. The van der Waals surface area contributed by atoms with Gasteiger partial charge in [-0.25, -0.2) is 13.2 Å². The van der Waals surface area contributed by atoms with Crippen LogP contribution in [-0.2, 0) is 21.0 Å². The van der Waals surface area contributed by atoms with Gasteiger partial charge in [0.05, 0.1) is 35.3 Å². The zero-order valence-corrected chi connectivity index (χ0v) is 19.6. The molecule has 0 saturated heterocycles. The van der Waals surface area contributed by atoms with Crippen molar-refractivity contribution in [3.05, 3.63) is 75.5 Å². The number of benzene rings is 2. The van der Waals surface area contributed by atoms with Crippen LogP contribution in [-0.4, -0.2) is 33.6 Å². The molecule has 0 saturated carbocycles. The van der Waals surface area contributed by atoms with Crippen LogP contribution < -0.4 is 10.5 Å². The Labute approximate surface area is 189 Å². The van der Waals surface area contributed by atoms with Gasteiger partial charge in [-0.2, -0.15) is 0 Å². The Hall–Kier alpha value is -2.91. The maximum Gasteiger partial charge on any atom is 0.339 e. The van der Waals surface area contributed by atoms with Crippen LogP contribution in [0.25, 0.3) is 0 Å². The molecule has 0 atom stereocenters. The Balaban J connectivity index is 2.34. The molecule has 3 aromatic rings. The van der Waals surface area contributed by atoms with Crippen LogP contribution in [0.5, 0.6) is 5.75 Å². The average Bonchev–Trinajstić information content (AvgIpc) is 2.79. The third-order valence-electron chi connectivity index (χ3n) is 4.91. The van der Waals surface area contributed by atoms with Gasteiger partial charge in [-0.3, -0.25) is 4.98 Å². The van der Waals surface area contributed by atoms with E-state index in [0.29, 0.717) is 15.8 Å². The van der Waals surface area contributed by atoms with Gasteiger partial charge in [-0.1, -0.05) is 6.07 Å². The number of ether oxygens (including phenoxy) is 2. The van der Waals surface area contributed by atoms with Crippen molar-refractivity contribution >= 4 is 37.4 Å². The van der Waals surface area contributed by atoms with Crippen molar-refractivity contribution in [2.45, 2.75) is 23.1 Å². The number of halogens is 1. The van der Waals surface area contributed by atoms with Crippen molar-refractivity contribution in [2.24, 2.45) is 0 Å². The summed E-state index contributed by atoms with van der Waals surface area (Å²) in [5, 5.41) is 0. The predicted molar refractivity (Wildman–Crippen MR) is 120 cm³/mol. The molecule has 0 spiro atoms. The summed E-state index contributed by atoms with van der Waals surface area (Å²) in [5.74, 6) is -0.258. The van der Waals surface area contributed by atoms with Gasteiger partial charge in [0.1, 0.15) is 5.75 Å². The van der Waals surface area contributed by atoms with Gasteiger partial charge < -0.3 is 15.2 Å². The number of hydrogen-bond donors (Lipinski definition) is 1. The number of rotatable bonds is 6. The van der Waals surface area contributed by atoms with E-state index in [4.69, 9.17) is 15.2 Å². The molecule has 162 valence electrons. The number of carbonyl (C=O) groups is 1. The minimum atomic E-state index is -4.11. The molecule has 0 aliphatic heterocycles. The molecule has 2 N–H and O–H groups in total. The van der Waals surface area contributed by atoms with E-state index in [0.717, 1.165) is 5.56 Å². The van der Waals surface area contributed by atoms with Crippen LogP contribution in [0.4, 0.5) is 5.69 Å². The second-order valence-electron chi connectivity index (χ2n) is 6.74. The Kier molecular flexibility index (Phi) is 6.66. The predicted octanol–water partition coefficient (Wildman–Crippen LogP) is 3.95. The number of aromatic nitrogens is 1. The van der Waals surface area contributed by atoms with Crippen LogP contribution in [0.15, 0.2) is 63.1 Å². The highest BCUT2D eigenvalue weighted by Crippen LogP contribution is 2.40. The normalized spacial score (nSPS) is 11.2. The smallest absolute Gasteiger partial charge is 0.339 e. The van der Waals surface area contributed by atoms with Crippen molar-refractivity contribution in [1.29, 1.82) is 0 Å². The molecule has 0 fully saturated rings. The van der Waals surface area contributed by atoms with Gasteiger partial charge in [-0.15, -0.1) is 0 Å². The van der Waals surface area contributed by atoms with E-state index in [9.17, 15) is 13.2 Å². The Morgan fingerprint density at radius 3 is 2.39 bits per heavy atom. The van der Waals surface area contributed by atoms with E-state index < -0.39 is 15.8 Å². The van der Waals surface area contributed by atoms with Gasteiger partial charge in [-0.05, 0) is 69.9 Å². The van der Waals surface area contributed by atoms with Crippen molar-refractivity contribution in [2.75, 3.05) is 20.0 Å². The maximum atomic E-state index is 13.6. The molecule has 0 unspecified atom stereocenters. The van der Waals surface area contributed by atoms with E-state index in [2.05, 4.69) is 20.9 Å². The zero-order valence-electron chi connectivity index (χ0n) is 17.2. The average molecular weight is 505 g/mol. The minimum absolute atomic E-state index is 0.00982. The minimum Gasteiger partial charge on any atom is -0.497 e. The second-order valence-corrected chi connectivity index (χ2v) is 9.42. The monoisotopic (exact) mass is 504 g/mol. The topological polar surface area (TPSA) is 109 Å². The Morgan fingerprint density at radius 1 is 1.16 bits per heavy atom. The van der Waals surface area contributed by atoms with Crippen LogP contribution in [0, 0.1) is 6.92 Å². The Bertz CT molecular complexity index is 1230. The van der Waals surface area contributed by atoms with E-state index in [-0.39, 0.29) is 33.0 Å². The number of nitrogen functional groups attached to an aromatic ring is 1. The standard InChI is InChI=1S/C22H21BrN2O5S/c1-13-20(24)19(23)17(11-14-5-4-10-25-12-14)18(22(26)30-3)21(13)31(27,28)16-8-6-15(29-2)7-9-16/h4-10,12H,11,24H2,1-3H3. The first kappa shape index (κ1) is 22.8. The molecule has 1 aromatic heterocycles. The second kappa shape index (κ2) is 9.07. The van der Waals surface area contributed by atoms with Crippen LogP contribution >= 0.6 is 15.9 Å². The highest BCUT2D eigenvalue weighted by molar-refractivity contribution is 9.10. The summed E-state index contributed by atoms with van der Waals surface area (Å²) in [7, 11) is -1.41. The van der Waals surface area contributed by atoms with Gasteiger partial charge in [0.2, 0.25) is 9.84 Å². The summed E-state index contributed by atoms with van der Waals surface area (Å²) in [6.07, 6.45) is 3.50. The fraction of sp³-hybridized carbons (Fsp3) is 0.182. The van der Waals surface area contributed by atoms with Crippen LogP contribution in [0.1, 0.15) is 27.0 Å². The molecule has 1 heterocycles. The van der Waals surface area contributed by atoms with Crippen LogP contribution in [0.2, 0.25) is 0 Å². The first-order valence-corrected chi connectivity index (χ1v) is 11.5. The third kappa shape index (κ3) is 4.28. The molecular formula is C22H21BrN2O5S. The number of nitrogens with zero attached hydrogens (tertiary/aromatic N) is 1. The Morgan fingerprint density at radius 2 is 1.84 bits per heavy atom. The number of carbonyl (C=O) groups excluding carboxylic acids is 1. The van der Waals surface area contributed by atoms with Gasteiger partial charge in [0, 0.05) is 23.3 Å². The maximum absolute atomic E-state index is 13.6. The fourth-order valence-electron chi connectivity index (χ4n) is 3.28. The van der Waals surface area contributed by atoms with Crippen molar-refractivity contribution < 1.29 is 22.7 Å². The largest absolute Gasteiger partial charge is 0.497 e. The number of anilines is 1. The molecule has 3 rings (SSSR count). The lowest BCUT2D eigenvalue weighted by Gasteiger charge is -2.20. The summed E-state index contributed by atoms with van der Waals surface area (Å²) in [5.41, 5.74) is 7.90. The highest BCUT2D eigenvalue weighted by Gasteiger charge is 2.33. The first-order chi connectivity index (χ1) is 14.7. The lowest BCUT2D eigenvalue weighted by Crippen LogP contribution is -2.18. The summed E-state index contributed by atoms with van der Waals surface area (Å²) < 4.78 is 37.8. The number of sulfone groups is 1. The van der Waals surface area contributed by atoms with E-state index in [1.165, 1.54) is 26.4 Å². The highest BCUT2D eigenvalue weighted by atomic mass is 79.9. The van der Waals surface area contributed by atoms with Crippen LogP contribution in [0.3, 0.4) is 0 Å². The van der Waals surface area contributed by atoms with E-state index >= 15 is 0 Å². The van der Waals surface area contributed by atoms with E-state index in [1.807, 2.05) is 6.07 Å². The van der Waals surface area contributed by atoms with Gasteiger partial charge in [0.15, 0.2) is 0 Å². The first-order valence-electron chi connectivity index (χ1n) is 9.19. The molecule has 0 bridgehead atoms. The number of hydrogen-bond acceptors (Lipinski definition) is 7. The van der Waals surface area contributed by atoms with Crippen molar-refractivity contribution in [3.63, 3.8) is 0 Å². The molecule has 7 nitrogen and oxygen atoms in total. The summed E-state index contributed by atoms with van der Waals surface area (Å²) in [4.78, 5) is 16.8. The van der Waals surface area contributed by atoms with Crippen molar-refractivity contribution in [1.82, 2.24) is 4.98 Å². The van der Waals surface area contributed by atoms with Gasteiger partial charge >= 0.3 is 5.97 Å². The quantitative estimate of drug-likeness (QED) is 0.399. The molecule has 31 heavy (non-hydrogen) atoms. The third-order valence-corrected chi connectivity index (χ3v) is 7.75. The molecule has 0 aliphatic rings. The number of methoxy groups -OCH3 is 2. The van der Waals surface area contributed by atoms with Gasteiger partial charge in [0.25, 0.3) is 0 Å². The summed E-state index contributed by atoms with van der Waals surface area (Å²) >= 11 is 3.45. The number of nitrogens with two attached hydrogens (primary N) is 1. The fourth-order valence-corrected chi connectivity index (χ4v) is 5.64. The summed E-state index contributed by atoms with van der Waals surface area (Å²) in [6, 6.07) is 9.51. The SMILES string of the molecule is COC(=O)c1c(Cc2cccnc2)c(Br)c(N)c(C)c1S(=O)(=O)c1ccc(OC)cc1. The van der Waals surface area contributed by atoms with Crippen molar-refractivity contribution in [3.8, 4) is 5.75 Å².